The van der Waals surface area contributed by atoms with Gasteiger partial charge in [-0.2, -0.15) is 5.10 Å². The summed E-state index contributed by atoms with van der Waals surface area (Å²) < 4.78 is 6.95. The van der Waals surface area contributed by atoms with E-state index in [1.807, 2.05) is 42.9 Å². The molecule has 0 unspecified atom stereocenters. The molecule has 0 amide bonds. The van der Waals surface area contributed by atoms with E-state index < -0.39 is 0 Å². The molecule has 0 aliphatic heterocycles. The minimum Gasteiger partial charge on any atom is -0.481 e. The van der Waals surface area contributed by atoms with Gasteiger partial charge in [0.15, 0.2) is 5.96 Å². The quantitative estimate of drug-likeness (QED) is 0.617. The van der Waals surface area contributed by atoms with Gasteiger partial charge in [-0.3, -0.25) is 4.68 Å². The van der Waals surface area contributed by atoms with Crippen LogP contribution in [0, 0.1) is 0 Å². The fourth-order valence-corrected chi connectivity index (χ4v) is 1.91. The SMILES string of the molecule is CCNC(=NCc1cccc(OC)n1)NCc1ccnn1C. The lowest BCUT2D eigenvalue weighted by atomic mass is 10.3. The summed E-state index contributed by atoms with van der Waals surface area (Å²) in [7, 11) is 3.52. The number of aromatic nitrogens is 3. The molecule has 0 aliphatic carbocycles. The van der Waals surface area contributed by atoms with E-state index in [0.717, 1.165) is 23.9 Å². The van der Waals surface area contributed by atoms with E-state index in [2.05, 4.69) is 25.7 Å². The standard InChI is InChI=1S/C15H22N6O/c1-4-16-15(18-11-13-8-9-19-21(13)2)17-10-12-6-5-7-14(20-12)22-3/h5-9H,4,10-11H2,1-3H3,(H2,16,17,18). The van der Waals surface area contributed by atoms with Crippen molar-refractivity contribution >= 4 is 5.96 Å². The Labute approximate surface area is 130 Å². The van der Waals surface area contributed by atoms with Crippen molar-refractivity contribution in [2.24, 2.45) is 12.0 Å². The fraction of sp³-hybridized carbons (Fsp3) is 0.400. The molecule has 0 saturated carbocycles. The molecule has 2 N–H and O–H groups in total. The average Bonchev–Trinajstić information content (AvgIpc) is 2.95. The van der Waals surface area contributed by atoms with Crippen molar-refractivity contribution in [3.05, 3.63) is 41.9 Å². The van der Waals surface area contributed by atoms with Crippen molar-refractivity contribution in [3.8, 4) is 5.88 Å². The highest BCUT2D eigenvalue weighted by molar-refractivity contribution is 5.79. The summed E-state index contributed by atoms with van der Waals surface area (Å²) in [6.45, 7) is 3.97. The van der Waals surface area contributed by atoms with Gasteiger partial charge in [0.1, 0.15) is 0 Å². The molecule has 2 aromatic heterocycles. The second-order valence-electron chi connectivity index (χ2n) is 4.67. The number of aliphatic imine (C=N–C) groups is 1. The van der Waals surface area contributed by atoms with E-state index in [4.69, 9.17) is 4.74 Å². The Morgan fingerprint density at radius 2 is 2.18 bits per heavy atom. The van der Waals surface area contributed by atoms with Gasteiger partial charge < -0.3 is 15.4 Å². The van der Waals surface area contributed by atoms with Gasteiger partial charge in [-0.1, -0.05) is 6.07 Å². The van der Waals surface area contributed by atoms with Crippen LogP contribution in [0.5, 0.6) is 5.88 Å². The Morgan fingerprint density at radius 3 is 2.86 bits per heavy atom. The van der Waals surface area contributed by atoms with Crippen molar-refractivity contribution in [3.63, 3.8) is 0 Å². The molecule has 2 rings (SSSR count). The number of hydrogen-bond acceptors (Lipinski definition) is 4. The summed E-state index contributed by atoms with van der Waals surface area (Å²) in [5, 5.41) is 10.6. The lowest BCUT2D eigenvalue weighted by Crippen LogP contribution is -2.37. The minimum atomic E-state index is 0.484. The smallest absolute Gasteiger partial charge is 0.213 e. The average molecular weight is 302 g/mol. The third-order valence-electron chi connectivity index (χ3n) is 3.09. The largest absolute Gasteiger partial charge is 0.481 e. The number of aryl methyl sites for hydroxylation is 1. The summed E-state index contributed by atoms with van der Waals surface area (Å²) in [5.74, 6) is 1.34. The lowest BCUT2D eigenvalue weighted by molar-refractivity contribution is 0.396. The third kappa shape index (κ3) is 4.47. The number of ether oxygens (including phenoxy) is 1. The van der Waals surface area contributed by atoms with Gasteiger partial charge in [-0.05, 0) is 19.1 Å². The van der Waals surface area contributed by atoms with E-state index in [-0.39, 0.29) is 0 Å². The predicted molar refractivity (Wildman–Crippen MR) is 85.7 cm³/mol. The van der Waals surface area contributed by atoms with Crippen LogP contribution in [0.15, 0.2) is 35.5 Å². The van der Waals surface area contributed by atoms with Crippen molar-refractivity contribution in [1.82, 2.24) is 25.4 Å². The first-order chi connectivity index (χ1) is 10.7. The van der Waals surface area contributed by atoms with Gasteiger partial charge in [0.05, 0.1) is 31.6 Å². The highest BCUT2D eigenvalue weighted by Crippen LogP contribution is 2.07. The zero-order valence-electron chi connectivity index (χ0n) is 13.2. The van der Waals surface area contributed by atoms with E-state index >= 15 is 0 Å². The Balaban J connectivity index is 1.98. The molecule has 0 saturated heterocycles. The number of pyridine rings is 1. The molecule has 7 nitrogen and oxygen atoms in total. The van der Waals surface area contributed by atoms with Crippen LogP contribution in [0.25, 0.3) is 0 Å². The van der Waals surface area contributed by atoms with Gasteiger partial charge in [-0.15, -0.1) is 0 Å². The lowest BCUT2D eigenvalue weighted by Gasteiger charge is -2.11. The van der Waals surface area contributed by atoms with Crippen LogP contribution in [-0.4, -0.2) is 34.4 Å². The summed E-state index contributed by atoms with van der Waals surface area (Å²) in [6, 6.07) is 7.63. The van der Waals surface area contributed by atoms with E-state index in [1.165, 1.54) is 0 Å². The van der Waals surface area contributed by atoms with Crippen LogP contribution in [0.2, 0.25) is 0 Å². The molecule has 2 heterocycles. The van der Waals surface area contributed by atoms with Crippen molar-refractivity contribution < 1.29 is 4.74 Å². The first kappa shape index (κ1) is 15.8. The highest BCUT2D eigenvalue weighted by Gasteiger charge is 2.02. The van der Waals surface area contributed by atoms with Crippen molar-refractivity contribution in [2.75, 3.05) is 13.7 Å². The molecule has 0 bridgehead atoms. The van der Waals surface area contributed by atoms with Gasteiger partial charge >= 0.3 is 0 Å². The zero-order valence-corrected chi connectivity index (χ0v) is 13.2. The second kappa shape index (κ2) is 8.02. The van der Waals surface area contributed by atoms with Crippen LogP contribution >= 0.6 is 0 Å². The highest BCUT2D eigenvalue weighted by atomic mass is 16.5. The maximum absolute atomic E-state index is 5.12. The summed E-state index contributed by atoms with van der Waals surface area (Å²) >= 11 is 0. The number of hydrogen-bond donors (Lipinski definition) is 2. The Hall–Kier alpha value is -2.57. The number of nitrogens with zero attached hydrogens (tertiary/aromatic N) is 4. The van der Waals surface area contributed by atoms with Crippen LogP contribution in [0.4, 0.5) is 0 Å². The Kier molecular flexibility index (Phi) is 5.76. The summed E-state index contributed by atoms with van der Waals surface area (Å²) in [6.07, 6.45) is 1.78. The maximum Gasteiger partial charge on any atom is 0.213 e. The van der Waals surface area contributed by atoms with E-state index in [1.54, 1.807) is 13.3 Å². The summed E-state index contributed by atoms with van der Waals surface area (Å²) in [4.78, 5) is 8.88. The van der Waals surface area contributed by atoms with Crippen LogP contribution in [0.3, 0.4) is 0 Å². The molecule has 0 spiro atoms. The zero-order chi connectivity index (χ0) is 15.8. The summed E-state index contributed by atoms with van der Waals surface area (Å²) in [5.41, 5.74) is 1.95. The first-order valence-electron chi connectivity index (χ1n) is 7.22. The molecule has 0 aromatic carbocycles. The molecule has 0 atom stereocenters. The maximum atomic E-state index is 5.12. The van der Waals surface area contributed by atoms with Gasteiger partial charge in [0, 0.05) is 25.9 Å². The van der Waals surface area contributed by atoms with Crippen molar-refractivity contribution in [2.45, 2.75) is 20.0 Å². The Morgan fingerprint density at radius 1 is 1.32 bits per heavy atom. The van der Waals surface area contributed by atoms with E-state index in [0.29, 0.717) is 19.0 Å². The van der Waals surface area contributed by atoms with Crippen molar-refractivity contribution in [1.29, 1.82) is 0 Å². The number of methoxy groups -OCH3 is 1. The topological polar surface area (TPSA) is 76.4 Å². The van der Waals surface area contributed by atoms with Gasteiger partial charge in [0.2, 0.25) is 5.88 Å². The third-order valence-corrected chi connectivity index (χ3v) is 3.09. The molecule has 0 radical (unpaired) electrons. The number of rotatable bonds is 6. The van der Waals surface area contributed by atoms with Gasteiger partial charge in [-0.25, -0.2) is 9.98 Å². The second-order valence-corrected chi connectivity index (χ2v) is 4.67. The normalized spacial score (nSPS) is 11.3. The van der Waals surface area contributed by atoms with Crippen LogP contribution < -0.4 is 15.4 Å². The molecule has 0 fully saturated rings. The molecule has 22 heavy (non-hydrogen) atoms. The number of guanidine groups is 1. The molecular formula is C15H22N6O. The monoisotopic (exact) mass is 302 g/mol. The number of nitrogens with one attached hydrogen (secondary N) is 2. The van der Waals surface area contributed by atoms with E-state index in [9.17, 15) is 0 Å². The predicted octanol–water partition coefficient (Wildman–Crippen LogP) is 1.08. The van der Waals surface area contributed by atoms with Crippen LogP contribution in [0.1, 0.15) is 18.3 Å². The molecule has 2 aromatic rings. The molecule has 0 aliphatic rings. The minimum absolute atomic E-state index is 0.484. The molecule has 7 heteroatoms. The first-order valence-corrected chi connectivity index (χ1v) is 7.22. The molecular weight excluding hydrogens is 280 g/mol. The fourth-order valence-electron chi connectivity index (χ4n) is 1.91. The molecule has 118 valence electrons. The Bertz CT molecular complexity index is 622. The van der Waals surface area contributed by atoms with Gasteiger partial charge in [0.25, 0.3) is 0 Å². The van der Waals surface area contributed by atoms with Crippen LogP contribution in [-0.2, 0) is 20.1 Å².